The molecule has 0 unspecified atom stereocenters. The normalized spacial score (nSPS) is 20.4. The monoisotopic (exact) mass is 417 g/mol. The lowest BCUT2D eigenvalue weighted by Gasteiger charge is -2.33. The molecule has 0 spiro atoms. The molecule has 1 amide bonds. The zero-order valence-electron chi connectivity index (χ0n) is 17.8. The quantitative estimate of drug-likeness (QED) is 0.577. The largest absolute Gasteiger partial charge is 0.382 e. The number of rotatable bonds is 5. The summed E-state index contributed by atoms with van der Waals surface area (Å²) in [5.41, 5.74) is 5.13. The highest BCUT2D eigenvalue weighted by atomic mass is 19.1. The fourth-order valence-corrected chi connectivity index (χ4v) is 5.10. The molecule has 0 saturated carbocycles. The molecule has 2 aliphatic carbocycles. The number of allylic oxidation sites excluding steroid dienone is 1. The first-order valence-electron chi connectivity index (χ1n) is 11.3. The second kappa shape index (κ2) is 8.22. The molecular weight excluding hydrogens is 389 g/mol. The zero-order valence-corrected chi connectivity index (χ0v) is 17.8. The van der Waals surface area contributed by atoms with Gasteiger partial charge in [-0.05, 0) is 80.5 Å². The summed E-state index contributed by atoms with van der Waals surface area (Å²) in [5, 5.41) is 4.75. The molecule has 5 heteroatoms. The summed E-state index contributed by atoms with van der Waals surface area (Å²) >= 11 is 0. The summed E-state index contributed by atoms with van der Waals surface area (Å²) in [7, 11) is 0. The van der Waals surface area contributed by atoms with Crippen LogP contribution in [0.15, 0.2) is 60.3 Å². The van der Waals surface area contributed by atoms with Crippen molar-refractivity contribution in [2.75, 3.05) is 6.54 Å². The van der Waals surface area contributed by atoms with Crippen LogP contribution in [0.5, 0.6) is 0 Å². The number of nitrogens with one attached hydrogen (secondary N) is 2. The molecule has 1 heterocycles. The summed E-state index contributed by atoms with van der Waals surface area (Å²) in [6.07, 6.45) is 7.12. The Bertz CT molecular complexity index is 1120. The van der Waals surface area contributed by atoms with Crippen LogP contribution in [-0.4, -0.2) is 28.4 Å². The van der Waals surface area contributed by atoms with Crippen molar-refractivity contribution in [1.29, 1.82) is 0 Å². The van der Waals surface area contributed by atoms with Gasteiger partial charge in [0.1, 0.15) is 11.5 Å². The lowest BCUT2D eigenvalue weighted by Crippen LogP contribution is -2.41. The van der Waals surface area contributed by atoms with Crippen molar-refractivity contribution in [2.24, 2.45) is 0 Å². The molecule has 2 aromatic carbocycles. The minimum absolute atomic E-state index is 0.0443. The van der Waals surface area contributed by atoms with E-state index in [4.69, 9.17) is 0 Å². The summed E-state index contributed by atoms with van der Waals surface area (Å²) in [6.45, 7) is 2.70. The smallest absolute Gasteiger partial charge is 0.270 e. The first-order chi connectivity index (χ1) is 15.1. The molecule has 2 aliphatic rings. The van der Waals surface area contributed by atoms with Crippen LogP contribution in [0.2, 0.25) is 0 Å². The van der Waals surface area contributed by atoms with Gasteiger partial charge in [-0.15, -0.1) is 0 Å². The van der Waals surface area contributed by atoms with Gasteiger partial charge in [0, 0.05) is 23.1 Å². The van der Waals surface area contributed by atoms with Crippen molar-refractivity contribution in [3.8, 4) is 0 Å². The number of amides is 1. The van der Waals surface area contributed by atoms with Gasteiger partial charge in [0.15, 0.2) is 0 Å². The van der Waals surface area contributed by atoms with E-state index >= 15 is 0 Å². The van der Waals surface area contributed by atoms with Crippen molar-refractivity contribution in [1.82, 2.24) is 15.2 Å². The number of nitrogens with zero attached hydrogens (tertiary/aromatic N) is 1. The van der Waals surface area contributed by atoms with E-state index in [9.17, 15) is 9.18 Å². The van der Waals surface area contributed by atoms with Crippen LogP contribution in [0.3, 0.4) is 0 Å². The van der Waals surface area contributed by atoms with Crippen molar-refractivity contribution < 1.29 is 9.18 Å². The summed E-state index contributed by atoms with van der Waals surface area (Å²) in [6, 6.07) is 15.3. The van der Waals surface area contributed by atoms with Gasteiger partial charge < -0.3 is 15.2 Å². The maximum absolute atomic E-state index is 13.5. The Morgan fingerprint density at radius 1 is 1.16 bits per heavy atom. The van der Waals surface area contributed by atoms with E-state index in [2.05, 4.69) is 16.4 Å². The number of para-hydroxylation sites is 1. The van der Waals surface area contributed by atoms with Gasteiger partial charge >= 0.3 is 0 Å². The van der Waals surface area contributed by atoms with E-state index in [0.29, 0.717) is 12.2 Å². The van der Waals surface area contributed by atoms with Crippen molar-refractivity contribution >= 4 is 16.8 Å². The first kappa shape index (κ1) is 19.9. The molecule has 31 heavy (non-hydrogen) atoms. The molecule has 5 rings (SSSR count). The molecule has 2 atom stereocenters. The third kappa shape index (κ3) is 3.85. The van der Waals surface area contributed by atoms with Crippen molar-refractivity contribution in [2.45, 2.75) is 51.1 Å². The van der Waals surface area contributed by atoms with Gasteiger partial charge in [-0.1, -0.05) is 24.3 Å². The number of hydrogen-bond acceptors (Lipinski definition) is 2. The van der Waals surface area contributed by atoms with Crippen LogP contribution in [0.1, 0.15) is 60.3 Å². The Balaban J connectivity index is 1.34. The van der Waals surface area contributed by atoms with Crippen LogP contribution in [-0.2, 0) is 6.42 Å². The molecule has 0 aliphatic heterocycles. The van der Waals surface area contributed by atoms with E-state index in [1.165, 1.54) is 11.3 Å². The summed E-state index contributed by atoms with van der Waals surface area (Å²) in [5.74, 6) is -0.117. The molecule has 0 bridgehead atoms. The summed E-state index contributed by atoms with van der Waals surface area (Å²) < 4.78 is 13.5. The standard InChI is InChI=1S/C26H28FN3O/c1-2-30(26(31)25-15-18-6-3-4-9-23(18)29-25)21-8-5-7-20(16-21)28-24-13-10-17-14-19(27)11-12-22(17)24/h3-4,6,9,11-12,14-16,21,24,28-29H,2,5,7-8,10,13H2,1H3/t21-,24+/m0/s1. The van der Waals surface area contributed by atoms with Gasteiger partial charge in [-0.3, -0.25) is 4.79 Å². The maximum atomic E-state index is 13.5. The van der Waals surface area contributed by atoms with E-state index < -0.39 is 0 Å². The average Bonchev–Trinajstić information content (AvgIpc) is 3.38. The number of hydrogen-bond donors (Lipinski definition) is 2. The van der Waals surface area contributed by atoms with Crippen molar-refractivity contribution in [3.05, 3.63) is 82.9 Å². The maximum Gasteiger partial charge on any atom is 0.270 e. The zero-order chi connectivity index (χ0) is 21.4. The first-order valence-corrected chi connectivity index (χ1v) is 11.3. The number of benzene rings is 2. The molecule has 0 saturated heterocycles. The second-order valence-corrected chi connectivity index (χ2v) is 8.59. The highest BCUT2D eigenvalue weighted by Gasteiger charge is 2.28. The molecule has 160 valence electrons. The topological polar surface area (TPSA) is 48.1 Å². The highest BCUT2D eigenvalue weighted by Crippen LogP contribution is 2.33. The number of halogens is 1. The van der Waals surface area contributed by atoms with Crippen LogP contribution in [0.4, 0.5) is 4.39 Å². The molecule has 1 aromatic heterocycles. The Labute approximate surface area is 182 Å². The summed E-state index contributed by atoms with van der Waals surface area (Å²) in [4.78, 5) is 18.5. The number of H-pyrrole nitrogens is 1. The Kier molecular flexibility index (Phi) is 5.26. The van der Waals surface area contributed by atoms with Gasteiger partial charge in [-0.2, -0.15) is 0 Å². The van der Waals surface area contributed by atoms with Gasteiger partial charge in [0.05, 0.1) is 12.1 Å². The van der Waals surface area contributed by atoms with Crippen LogP contribution < -0.4 is 5.32 Å². The Morgan fingerprint density at radius 2 is 2.03 bits per heavy atom. The Hall–Kier alpha value is -3.08. The fourth-order valence-electron chi connectivity index (χ4n) is 5.10. The lowest BCUT2D eigenvalue weighted by atomic mass is 9.97. The van der Waals surface area contributed by atoms with E-state index in [-0.39, 0.29) is 23.8 Å². The molecule has 0 radical (unpaired) electrons. The molecular formula is C26H28FN3O. The van der Waals surface area contributed by atoms with E-state index in [1.807, 2.05) is 48.2 Å². The third-order valence-corrected chi connectivity index (χ3v) is 6.64. The van der Waals surface area contributed by atoms with Gasteiger partial charge in [-0.25, -0.2) is 4.39 Å². The highest BCUT2D eigenvalue weighted by molar-refractivity contribution is 5.98. The number of likely N-dealkylation sites (N-methyl/N-ethyl adjacent to an activating group) is 1. The van der Waals surface area contributed by atoms with Crippen molar-refractivity contribution in [3.63, 3.8) is 0 Å². The minimum Gasteiger partial charge on any atom is -0.382 e. The SMILES string of the molecule is CCN(C(=O)c1cc2ccccc2[nH]1)[C@@H]1C=C(N[C@@H]2CCc3cc(F)ccc32)CCC1. The number of fused-ring (bicyclic) bond motifs is 2. The number of carbonyl (C=O) groups is 1. The minimum atomic E-state index is -0.162. The lowest BCUT2D eigenvalue weighted by molar-refractivity contribution is 0.0706. The Morgan fingerprint density at radius 3 is 2.87 bits per heavy atom. The fraction of sp³-hybridized carbons (Fsp3) is 0.346. The van der Waals surface area contributed by atoms with Gasteiger partial charge in [0.2, 0.25) is 0 Å². The molecule has 2 N–H and O–H groups in total. The predicted molar refractivity (Wildman–Crippen MR) is 121 cm³/mol. The molecule has 0 fully saturated rings. The number of carbonyl (C=O) groups excluding carboxylic acids is 1. The number of aryl methyl sites for hydroxylation is 1. The number of aromatic amines is 1. The molecule has 4 nitrogen and oxygen atoms in total. The van der Waals surface area contributed by atoms with E-state index in [1.54, 1.807) is 12.1 Å². The average molecular weight is 418 g/mol. The van der Waals surface area contributed by atoms with Gasteiger partial charge in [0.25, 0.3) is 5.91 Å². The van der Waals surface area contributed by atoms with Crippen LogP contribution in [0, 0.1) is 5.82 Å². The molecule has 3 aromatic rings. The van der Waals surface area contributed by atoms with Crippen LogP contribution in [0.25, 0.3) is 10.9 Å². The van der Waals surface area contributed by atoms with Crippen LogP contribution >= 0.6 is 0 Å². The van der Waals surface area contributed by atoms with E-state index in [0.717, 1.165) is 48.6 Å². The second-order valence-electron chi connectivity index (χ2n) is 8.59. The number of aromatic nitrogens is 1. The predicted octanol–water partition coefficient (Wildman–Crippen LogP) is 5.48. The third-order valence-electron chi connectivity index (χ3n) is 6.64.